The van der Waals surface area contributed by atoms with Gasteiger partial charge in [-0.25, -0.2) is 4.39 Å². The summed E-state index contributed by atoms with van der Waals surface area (Å²) >= 11 is 0. The van der Waals surface area contributed by atoms with E-state index < -0.39 is 12.7 Å². The number of nitrogens with two attached hydrogens (primary N) is 1. The third-order valence-corrected chi connectivity index (χ3v) is 3.78. The average molecular weight is 267 g/mol. The second-order valence-corrected chi connectivity index (χ2v) is 5.03. The van der Waals surface area contributed by atoms with Crippen LogP contribution in [0.25, 0.3) is 0 Å². The van der Waals surface area contributed by atoms with Gasteiger partial charge in [0.2, 0.25) is 0 Å². The van der Waals surface area contributed by atoms with E-state index in [-0.39, 0.29) is 6.10 Å². The topological polar surface area (TPSA) is 44.5 Å². The van der Waals surface area contributed by atoms with Crippen molar-refractivity contribution in [1.29, 1.82) is 0 Å². The normalized spacial score (nSPS) is 20.2. The largest absolute Gasteiger partial charge is 0.381 e. The van der Waals surface area contributed by atoms with E-state index in [1.54, 1.807) is 7.11 Å². The molecule has 1 saturated heterocycles. The molecular formula is C15H22FNO2. The quantitative estimate of drug-likeness (QED) is 0.891. The third-order valence-electron chi connectivity index (χ3n) is 3.78. The van der Waals surface area contributed by atoms with E-state index >= 15 is 0 Å². The molecule has 2 N–H and O–H groups in total. The molecule has 2 rings (SSSR count). The van der Waals surface area contributed by atoms with Crippen molar-refractivity contribution >= 4 is 0 Å². The maximum Gasteiger partial charge on any atom is 0.107 e. The van der Waals surface area contributed by atoms with Gasteiger partial charge < -0.3 is 15.2 Å². The Hall–Kier alpha value is -0.970. The summed E-state index contributed by atoms with van der Waals surface area (Å²) in [6.45, 7) is 1.08. The van der Waals surface area contributed by atoms with Gasteiger partial charge in [0, 0.05) is 20.3 Å². The fourth-order valence-electron chi connectivity index (χ4n) is 2.63. The molecule has 0 aromatic heterocycles. The second-order valence-electron chi connectivity index (χ2n) is 5.03. The van der Waals surface area contributed by atoms with Gasteiger partial charge in [-0.15, -0.1) is 0 Å². The lowest BCUT2D eigenvalue weighted by molar-refractivity contribution is 0.0719. The number of alkyl halides is 1. The minimum Gasteiger partial charge on any atom is -0.381 e. The third kappa shape index (κ3) is 3.53. The fourth-order valence-corrected chi connectivity index (χ4v) is 2.63. The van der Waals surface area contributed by atoms with Gasteiger partial charge in [0.25, 0.3) is 0 Å². The molecular weight excluding hydrogens is 245 g/mol. The highest BCUT2D eigenvalue weighted by atomic mass is 19.1. The zero-order valence-corrected chi connectivity index (χ0v) is 11.3. The fraction of sp³-hybridized carbons (Fsp3) is 0.600. The van der Waals surface area contributed by atoms with Crippen molar-refractivity contribution in [3.05, 3.63) is 35.4 Å². The van der Waals surface area contributed by atoms with E-state index in [9.17, 15) is 4.39 Å². The molecule has 1 heterocycles. The van der Waals surface area contributed by atoms with Gasteiger partial charge in [-0.1, -0.05) is 24.3 Å². The van der Waals surface area contributed by atoms with Gasteiger partial charge in [0.1, 0.15) is 6.67 Å². The highest BCUT2D eigenvalue weighted by Gasteiger charge is 2.20. The smallest absolute Gasteiger partial charge is 0.107 e. The van der Waals surface area contributed by atoms with Crippen molar-refractivity contribution in [2.24, 2.45) is 5.73 Å². The van der Waals surface area contributed by atoms with E-state index in [4.69, 9.17) is 15.2 Å². The molecule has 3 nitrogen and oxygen atoms in total. The molecule has 1 aliphatic rings. The standard InChI is InChI=1S/C15H22FNO2/c1-18-15(14(17)10-16)13-4-2-11(3-5-13)12-6-8-19-9-7-12/h2-5,12,14-15H,6-10,17H2,1H3. The summed E-state index contributed by atoms with van der Waals surface area (Å²) in [5, 5.41) is 0. The Morgan fingerprint density at radius 1 is 1.32 bits per heavy atom. The van der Waals surface area contributed by atoms with Crippen LogP contribution in [0.5, 0.6) is 0 Å². The lowest BCUT2D eigenvalue weighted by Crippen LogP contribution is -2.31. The van der Waals surface area contributed by atoms with Gasteiger partial charge >= 0.3 is 0 Å². The molecule has 1 aromatic rings. The van der Waals surface area contributed by atoms with Crippen LogP contribution < -0.4 is 5.73 Å². The number of ether oxygens (including phenoxy) is 2. The van der Waals surface area contributed by atoms with Crippen LogP contribution in [0.1, 0.15) is 36.0 Å². The predicted molar refractivity (Wildman–Crippen MR) is 72.9 cm³/mol. The van der Waals surface area contributed by atoms with Gasteiger partial charge in [-0.2, -0.15) is 0 Å². The Kier molecular flexibility index (Phi) is 5.31. The number of methoxy groups -OCH3 is 1. The van der Waals surface area contributed by atoms with Crippen LogP contribution >= 0.6 is 0 Å². The summed E-state index contributed by atoms with van der Waals surface area (Å²) in [6.07, 6.45) is 1.75. The maximum absolute atomic E-state index is 12.7. The summed E-state index contributed by atoms with van der Waals surface area (Å²) in [5.41, 5.74) is 7.97. The SMILES string of the molecule is COC(c1ccc(C2CCOCC2)cc1)C(N)CF. The molecule has 1 aromatic carbocycles. The second kappa shape index (κ2) is 6.98. The minimum absolute atomic E-state index is 0.381. The molecule has 4 heteroatoms. The van der Waals surface area contributed by atoms with Crippen LogP contribution in [0.2, 0.25) is 0 Å². The van der Waals surface area contributed by atoms with Crippen molar-refractivity contribution in [1.82, 2.24) is 0 Å². The molecule has 0 amide bonds. The Morgan fingerprint density at radius 3 is 2.47 bits per heavy atom. The molecule has 0 bridgehead atoms. The van der Waals surface area contributed by atoms with E-state index in [0.717, 1.165) is 31.6 Å². The lowest BCUT2D eigenvalue weighted by atomic mass is 9.90. The van der Waals surface area contributed by atoms with E-state index in [0.29, 0.717) is 5.92 Å². The van der Waals surface area contributed by atoms with Crippen LogP contribution in [0.3, 0.4) is 0 Å². The van der Waals surface area contributed by atoms with Crippen molar-refractivity contribution in [3.8, 4) is 0 Å². The molecule has 2 unspecified atom stereocenters. The first kappa shape index (κ1) is 14.4. The number of benzene rings is 1. The minimum atomic E-state index is -0.612. The maximum atomic E-state index is 12.7. The van der Waals surface area contributed by atoms with Crippen molar-refractivity contribution in [2.45, 2.75) is 30.9 Å². The average Bonchev–Trinajstić information content (AvgIpc) is 2.49. The van der Waals surface area contributed by atoms with Crippen LogP contribution in [-0.4, -0.2) is 33.0 Å². The van der Waals surface area contributed by atoms with Gasteiger partial charge in [0.15, 0.2) is 0 Å². The first-order chi connectivity index (χ1) is 9.26. The molecule has 106 valence electrons. The molecule has 19 heavy (non-hydrogen) atoms. The molecule has 0 saturated carbocycles. The summed E-state index contributed by atoms with van der Waals surface area (Å²) in [4.78, 5) is 0. The van der Waals surface area contributed by atoms with Gasteiger partial charge in [0.05, 0.1) is 12.1 Å². The van der Waals surface area contributed by atoms with Gasteiger partial charge in [-0.05, 0) is 29.9 Å². The first-order valence-corrected chi connectivity index (χ1v) is 6.78. The van der Waals surface area contributed by atoms with E-state index in [1.165, 1.54) is 5.56 Å². The van der Waals surface area contributed by atoms with Crippen molar-refractivity contribution < 1.29 is 13.9 Å². The van der Waals surface area contributed by atoms with Crippen molar-refractivity contribution in [3.63, 3.8) is 0 Å². The summed E-state index contributed by atoms with van der Waals surface area (Å²) in [7, 11) is 1.56. The highest BCUT2D eigenvalue weighted by molar-refractivity contribution is 5.28. The molecule has 1 fully saturated rings. The number of rotatable bonds is 5. The lowest BCUT2D eigenvalue weighted by Gasteiger charge is -2.24. The zero-order chi connectivity index (χ0) is 13.7. The molecule has 1 aliphatic heterocycles. The van der Waals surface area contributed by atoms with Crippen LogP contribution in [-0.2, 0) is 9.47 Å². The Bertz CT molecular complexity index is 376. The van der Waals surface area contributed by atoms with E-state index in [2.05, 4.69) is 12.1 Å². The molecule has 0 radical (unpaired) electrons. The molecule has 2 atom stereocenters. The highest BCUT2D eigenvalue weighted by Crippen LogP contribution is 2.28. The molecule has 0 aliphatic carbocycles. The number of hydrogen-bond acceptors (Lipinski definition) is 3. The van der Waals surface area contributed by atoms with E-state index in [1.807, 2.05) is 12.1 Å². The zero-order valence-electron chi connectivity index (χ0n) is 11.3. The monoisotopic (exact) mass is 267 g/mol. The van der Waals surface area contributed by atoms with Gasteiger partial charge in [-0.3, -0.25) is 0 Å². The van der Waals surface area contributed by atoms with Crippen molar-refractivity contribution in [2.75, 3.05) is 27.0 Å². The Morgan fingerprint density at radius 2 is 1.95 bits per heavy atom. The number of hydrogen-bond donors (Lipinski definition) is 1. The first-order valence-electron chi connectivity index (χ1n) is 6.78. The van der Waals surface area contributed by atoms with Crippen LogP contribution in [0, 0.1) is 0 Å². The summed E-state index contributed by atoms with van der Waals surface area (Å²) in [6, 6.07) is 7.58. The Labute approximate surface area is 113 Å². The summed E-state index contributed by atoms with van der Waals surface area (Å²) in [5.74, 6) is 0.568. The number of halogens is 1. The van der Waals surface area contributed by atoms with Crippen LogP contribution in [0.15, 0.2) is 24.3 Å². The summed E-state index contributed by atoms with van der Waals surface area (Å²) < 4.78 is 23.3. The van der Waals surface area contributed by atoms with Crippen LogP contribution in [0.4, 0.5) is 4.39 Å². The predicted octanol–water partition coefficient (Wildman–Crippen LogP) is 2.56. The Balaban J connectivity index is 2.08. The molecule has 0 spiro atoms.